The van der Waals surface area contributed by atoms with Gasteiger partial charge in [-0.25, -0.2) is 0 Å². The fourth-order valence-corrected chi connectivity index (χ4v) is 3.42. The Morgan fingerprint density at radius 2 is 1.92 bits per heavy atom. The molecule has 1 atom stereocenters. The van der Waals surface area contributed by atoms with E-state index in [1.807, 2.05) is 48.7 Å². The summed E-state index contributed by atoms with van der Waals surface area (Å²) in [6.07, 6.45) is 2.49. The third-order valence-corrected chi connectivity index (χ3v) is 4.51. The van der Waals surface area contributed by atoms with E-state index in [0.29, 0.717) is 13.0 Å². The van der Waals surface area contributed by atoms with Crippen molar-refractivity contribution in [2.45, 2.75) is 19.0 Å². The second kappa shape index (κ2) is 7.75. The first-order valence-corrected chi connectivity index (χ1v) is 8.46. The predicted molar refractivity (Wildman–Crippen MR) is 99.1 cm³/mol. The molecule has 0 saturated carbocycles. The zero-order valence-corrected chi connectivity index (χ0v) is 14.4. The van der Waals surface area contributed by atoms with Crippen molar-refractivity contribution >= 4 is 22.5 Å². The summed E-state index contributed by atoms with van der Waals surface area (Å²) in [5.74, 6) is 0. The fourth-order valence-electron chi connectivity index (χ4n) is 3.17. The molecule has 24 heavy (non-hydrogen) atoms. The Kier molecular flexibility index (Phi) is 5.46. The van der Waals surface area contributed by atoms with Crippen molar-refractivity contribution in [3.05, 3.63) is 76.9 Å². The van der Waals surface area contributed by atoms with Crippen LogP contribution in [0.1, 0.15) is 23.6 Å². The van der Waals surface area contributed by atoms with E-state index in [-0.39, 0.29) is 12.6 Å². The van der Waals surface area contributed by atoms with Crippen LogP contribution in [0.25, 0.3) is 10.9 Å². The number of nitrogens with zero attached hydrogens (tertiary/aromatic N) is 2. The number of hydrogen-bond acceptors (Lipinski definition) is 3. The summed E-state index contributed by atoms with van der Waals surface area (Å²) in [6.45, 7) is 0.867. The minimum Gasteiger partial charge on any atom is -0.396 e. The Hall–Kier alpha value is -1.94. The molecule has 4 heteroatoms. The minimum absolute atomic E-state index is 0.147. The lowest BCUT2D eigenvalue weighted by Crippen LogP contribution is -2.25. The van der Waals surface area contributed by atoms with Gasteiger partial charge in [-0.15, -0.1) is 0 Å². The average molecular weight is 341 g/mol. The molecular formula is C20H21ClN2O. The molecule has 3 nitrogen and oxygen atoms in total. The molecule has 0 aliphatic rings. The highest BCUT2D eigenvalue weighted by Gasteiger charge is 2.18. The van der Waals surface area contributed by atoms with Gasteiger partial charge in [-0.05, 0) is 42.8 Å². The number of aromatic nitrogens is 1. The van der Waals surface area contributed by atoms with Crippen molar-refractivity contribution in [2.75, 3.05) is 13.7 Å². The molecule has 0 aliphatic heterocycles. The number of aliphatic hydroxyl groups is 1. The molecule has 2 aromatic carbocycles. The zero-order chi connectivity index (χ0) is 16.9. The van der Waals surface area contributed by atoms with Gasteiger partial charge in [0.1, 0.15) is 0 Å². The maximum atomic E-state index is 9.47. The summed E-state index contributed by atoms with van der Waals surface area (Å²) in [7, 11) is 2.07. The quantitative estimate of drug-likeness (QED) is 0.720. The third-order valence-electron chi connectivity index (χ3n) is 4.29. The number of hydrogen-bond donors (Lipinski definition) is 1. The Labute approximate surface area is 147 Å². The SMILES string of the molecule is CN(Cc1cc(Cl)cc2cccnc12)C(CCO)c1ccccc1. The van der Waals surface area contributed by atoms with Gasteiger partial charge in [0.15, 0.2) is 0 Å². The summed E-state index contributed by atoms with van der Waals surface area (Å²) in [6, 6.07) is 18.3. The third kappa shape index (κ3) is 3.75. The lowest BCUT2D eigenvalue weighted by atomic mass is 10.0. The van der Waals surface area contributed by atoms with Crippen molar-refractivity contribution < 1.29 is 5.11 Å². The molecule has 0 radical (unpaired) electrons. The summed E-state index contributed by atoms with van der Waals surface area (Å²) >= 11 is 6.28. The molecule has 3 aromatic rings. The molecule has 0 amide bonds. The summed E-state index contributed by atoms with van der Waals surface area (Å²) < 4.78 is 0. The van der Waals surface area contributed by atoms with Crippen molar-refractivity contribution in [3.8, 4) is 0 Å². The molecule has 0 spiro atoms. The second-order valence-corrected chi connectivity index (χ2v) is 6.43. The summed E-state index contributed by atoms with van der Waals surface area (Å²) in [5, 5.41) is 11.2. The van der Waals surface area contributed by atoms with Gasteiger partial charge >= 0.3 is 0 Å². The van der Waals surface area contributed by atoms with Crippen molar-refractivity contribution in [3.63, 3.8) is 0 Å². The summed E-state index contributed by atoms with van der Waals surface area (Å²) in [5.41, 5.74) is 3.28. The number of halogens is 1. The van der Waals surface area contributed by atoms with Gasteiger partial charge in [-0.3, -0.25) is 9.88 Å². The predicted octanol–water partition coefficient (Wildman–Crippen LogP) is 4.44. The number of fused-ring (bicyclic) bond motifs is 1. The molecule has 0 bridgehead atoms. The molecule has 1 aromatic heterocycles. The van der Waals surface area contributed by atoms with Crippen LogP contribution in [-0.2, 0) is 6.54 Å². The normalized spacial score (nSPS) is 12.7. The zero-order valence-electron chi connectivity index (χ0n) is 13.7. The first kappa shape index (κ1) is 16.9. The van der Waals surface area contributed by atoms with Crippen LogP contribution < -0.4 is 0 Å². The van der Waals surface area contributed by atoms with Gasteiger partial charge < -0.3 is 5.11 Å². The van der Waals surface area contributed by atoms with Crippen molar-refractivity contribution in [2.24, 2.45) is 0 Å². The van der Waals surface area contributed by atoms with Gasteiger partial charge in [0.2, 0.25) is 0 Å². The highest BCUT2D eigenvalue weighted by molar-refractivity contribution is 6.31. The van der Waals surface area contributed by atoms with Gasteiger partial charge in [-0.2, -0.15) is 0 Å². The second-order valence-electron chi connectivity index (χ2n) is 5.99. The monoisotopic (exact) mass is 340 g/mol. The number of rotatable bonds is 6. The van der Waals surface area contributed by atoms with E-state index in [0.717, 1.165) is 21.5 Å². The first-order chi connectivity index (χ1) is 11.7. The highest BCUT2D eigenvalue weighted by Crippen LogP contribution is 2.28. The molecular weight excluding hydrogens is 320 g/mol. The molecule has 1 heterocycles. The number of aliphatic hydroxyl groups excluding tert-OH is 1. The molecule has 0 saturated heterocycles. The summed E-state index contributed by atoms with van der Waals surface area (Å²) in [4.78, 5) is 6.76. The fraction of sp³-hybridized carbons (Fsp3) is 0.250. The van der Waals surface area contributed by atoms with Crippen molar-refractivity contribution in [1.29, 1.82) is 0 Å². The van der Waals surface area contributed by atoms with Gasteiger partial charge in [0.25, 0.3) is 0 Å². The highest BCUT2D eigenvalue weighted by atomic mass is 35.5. The van der Waals surface area contributed by atoms with Crippen LogP contribution in [0.15, 0.2) is 60.8 Å². The van der Waals surface area contributed by atoms with Crippen LogP contribution in [0.5, 0.6) is 0 Å². The van der Waals surface area contributed by atoms with Gasteiger partial charge in [0.05, 0.1) is 5.52 Å². The Morgan fingerprint density at radius 1 is 1.12 bits per heavy atom. The molecule has 1 unspecified atom stereocenters. The number of benzene rings is 2. The number of pyridine rings is 1. The van der Waals surface area contributed by atoms with Gasteiger partial charge in [0, 0.05) is 35.8 Å². The molecule has 1 N–H and O–H groups in total. The average Bonchev–Trinajstić information content (AvgIpc) is 2.60. The van der Waals surface area contributed by atoms with E-state index < -0.39 is 0 Å². The Bertz CT molecular complexity index is 807. The standard InChI is InChI=1S/C20H21ClN2O/c1-23(19(9-11-24)15-6-3-2-4-7-15)14-17-13-18(21)12-16-8-5-10-22-20(16)17/h2-8,10,12-13,19,24H,9,11,14H2,1H3. The van der Waals surface area contributed by atoms with Gasteiger partial charge in [-0.1, -0.05) is 48.0 Å². The largest absolute Gasteiger partial charge is 0.396 e. The maximum Gasteiger partial charge on any atom is 0.0747 e. The van der Waals surface area contributed by atoms with Crippen LogP contribution >= 0.6 is 11.6 Å². The molecule has 124 valence electrons. The Morgan fingerprint density at radius 3 is 2.67 bits per heavy atom. The van der Waals surface area contributed by atoms with E-state index in [4.69, 9.17) is 11.6 Å². The lowest BCUT2D eigenvalue weighted by Gasteiger charge is -2.28. The maximum absolute atomic E-state index is 9.47. The van der Waals surface area contributed by atoms with Crippen LogP contribution in [0.4, 0.5) is 0 Å². The van der Waals surface area contributed by atoms with E-state index in [9.17, 15) is 5.11 Å². The first-order valence-electron chi connectivity index (χ1n) is 8.08. The Balaban J connectivity index is 1.92. The molecule has 0 fully saturated rings. The van der Waals surface area contributed by atoms with E-state index in [1.54, 1.807) is 0 Å². The van der Waals surface area contributed by atoms with Crippen LogP contribution in [0.2, 0.25) is 5.02 Å². The molecule has 0 aliphatic carbocycles. The molecule has 3 rings (SSSR count). The van der Waals surface area contributed by atoms with E-state index in [1.165, 1.54) is 5.56 Å². The topological polar surface area (TPSA) is 36.4 Å². The van der Waals surface area contributed by atoms with Crippen molar-refractivity contribution in [1.82, 2.24) is 9.88 Å². The van der Waals surface area contributed by atoms with E-state index in [2.05, 4.69) is 29.1 Å². The smallest absolute Gasteiger partial charge is 0.0747 e. The van der Waals surface area contributed by atoms with E-state index >= 15 is 0 Å². The van der Waals surface area contributed by atoms with Crippen LogP contribution in [0, 0.1) is 0 Å². The lowest BCUT2D eigenvalue weighted by molar-refractivity contribution is 0.180. The van der Waals surface area contributed by atoms with Crippen LogP contribution in [-0.4, -0.2) is 28.6 Å². The van der Waals surface area contributed by atoms with Crippen LogP contribution in [0.3, 0.4) is 0 Å². The minimum atomic E-state index is 0.147.